The van der Waals surface area contributed by atoms with Crippen LogP contribution in [0, 0.1) is 5.92 Å². The van der Waals surface area contributed by atoms with E-state index in [9.17, 15) is 4.79 Å². The Hall–Kier alpha value is -1.17. The molecule has 0 aliphatic carbocycles. The fourth-order valence-corrected chi connectivity index (χ4v) is 3.47. The first-order chi connectivity index (χ1) is 12.0. The third kappa shape index (κ3) is 5.41. The zero-order chi connectivity index (χ0) is 18.4. The van der Waals surface area contributed by atoms with Crippen LogP contribution < -0.4 is 15.2 Å². The second-order valence-electron chi connectivity index (χ2n) is 6.58. The van der Waals surface area contributed by atoms with Crippen LogP contribution in [0.2, 0.25) is 5.02 Å². The van der Waals surface area contributed by atoms with E-state index in [1.54, 1.807) is 12.1 Å². The summed E-state index contributed by atoms with van der Waals surface area (Å²) < 4.78 is 11.4. The van der Waals surface area contributed by atoms with E-state index in [0.29, 0.717) is 47.8 Å². The molecule has 26 heavy (non-hydrogen) atoms. The molecule has 0 saturated carbocycles. The molecule has 1 saturated heterocycles. The number of benzene rings is 1. The van der Waals surface area contributed by atoms with Crippen LogP contribution >= 0.6 is 24.0 Å². The van der Waals surface area contributed by atoms with E-state index in [-0.39, 0.29) is 24.4 Å². The number of nitrogens with two attached hydrogens (primary N) is 1. The number of carbonyl (C=O) groups is 1. The first kappa shape index (κ1) is 22.9. The van der Waals surface area contributed by atoms with Crippen molar-refractivity contribution in [3.63, 3.8) is 0 Å². The van der Waals surface area contributed by atoms with E-state index in [0.717, 1.165) is 25.8 Å². The zero-order valence-electron chi connectivity index (χ0n) is 15.8. The van der Waals surface area contributed by atoms with Crippen LogP contribution in [0.1, 0.15) is 50.4 Å². The maximum absolute atomic E-state index is 13.0. The van der Waals surface area contributed by atoms with Gasteiger partial charge < -0.3 is 20.1 Å². The summed E-state index contributed by atoms with van der Waals surface area (Å²) in [5.41, 5.74) is 6.41. The van der Waals surface area contributed by atoms with E-state index in [1.807, 2.05) is 18.7 Å². The monoisotopic (exact) mass is 404 g/mol. The normalized spacial score (nSPS) is 19.7. The van der Waals surface area contributed by atoms with E-state index in [2.05, 4.69) is 6.92 Å². The SMILES string of the molecule is CCCOc1c(Cl)cc(C(=O)N2CCC(C)CC2CN)cc1OCC.Cl. The quantitative estimate of drug-likeness (QED) is 0.740. The Balaban J connectivity index is 0.00000338. The summed E-state index contributed by atoms with van der Waals surface area (Å²) in [5.74, 6) is 1.56. The zero-order valence-corrected chi connectivity index (χ0v) is 17.4. The molecular weight excluding hydrogens is 375 g/mol. The predicted molar refractivity (Wildman–Crippen MR) is 108 cm³/mol. The molecule has 0 aromatic heterocycles. The van der Waals surface area contributed by atoms with Crippen molar-refractivity contribution >= 4 is 29.9 Å². The molecule has 0 spiro atoms. The van der Waals surface area contributed by atoms with Gasteiger partial charge in [0.1, 0.15) is 0 Å². The number of ether oxygens (including phenoxy) is 2. The Labute approximate surface area is 167 Å². The Morgan fingerprint density at radius 3 is 2.69 bits per heavy atom. The summed E-state index contributed by atoms with van der Waals surface area (Å²) in [5, 5.41) is 0.400. The molecule has 1 aliphatic heterocycles. The van der Waals surface area contributed by atoms with Gasteiger partial charge in [-0.3, -0.25) is 4.79 Å². The molecule has 1 fully saturated rings. The number of carbonyl (C=O) groups excluding carboxylic acids is 1. The van der Waals surface area contributed by atoms with Crippen molar-refractivity contribution in [2.24, 2.45) is 11.7 Å². The Morgan fingerprint density at radius 1 is 1.35 bits per heavy atom. The molecule has 2 unspecified atom stereocenters. The minimum absolute atomic E-state index is 0. The van der Waals surface area contributed by atoms with Gasteiger partial charge in [0.2, 0.25) is 0 Å². The van der Waals surface area contributed by atoms with Crippen LogP contribution in [0.3, 0.4) is 0 Å². The smallest absolute Gasteiger partial charge is 0.254 e. The number of hydrogen-bond acceptors (Lipinski definition) is 4. The molecule has 7 heteroatoms. The lowest BCUT2D eigenvalue weighted by Crippen LogP contribution is -2.49. The van der Waals surface area contributed by atoms with Crippen LogP contribution in [0.4, 0.5) is 0 Å². The van der Waals surface area contributed by atoms with E-state index in [1.165, 1.54) is 0 Å². The van der Waals surface area contributed by atoms with Gasteiger partial charge in [-0.1, -0.05) is 25.4 Å². The second kappa shape index (κ2) is 10.9. The Bertz CT molecular complexity index is 598. The molecular formula is C19H30Cl2N2O3. The molecule has 2 atom stereocenters. The lowest BCUT2D eigenvalue weighted by atomic mass is 9.92. The third-order valence-corrected chi connectivity index (χ3v) is 4.80. The molecule has 0 bridgehead atoms. The minimum atomic E-state index is -0.0488. The topological polar surface area (TPSA) is 64.8 Å². The molecule has 1 heterocycles. The number of nitrogens with zero attached hydrogens (tertiary/aromatic N) is 1. The summed E-state index contributed by atoms with van der Waals surface area (Å²) >= 11 is 6.38. The van der Waals surface area contributed by atoms with Gasteiger partial charge in [-0.15, -0.1) is 12.4 Å². The second-order valence-corrected chi connectivity index (χ2v) is 6.99. The summed E-state index contributed by atoms with van der Waals surface area (Å²) in [4.78, 5) is 14.9. The fourth-order valence-electron chi connectivity index (χ4n) is 3.21. The number of rotatable bonds is 7. The van der Waals surface area contributed by atoms with Gasteiger partial charge in [0.25, 0.3) is 5.91 Å². The first-order valence-corrected chi connectivity index (χ1v) is 9.49. The Morgan fingerprint density at radius 2 is 2.08 bits per heavy atom. The van der Waals surface area contributed by atoms with Crippen LogP contribution in [-0.2, 0) is 0 Å². The standard InChI is InChI=1S/C19H29ClN2O3.ClH/c1-4-8-25-18-16(20)10-14(11-17(18)24-5-2)19(23)22-7-6-13(3)9-15(22)12-21;/h10-11,13,15H,4-9,12,21H2,1-3H3;1H. The van der Waals surface area contributed by atoms with E-state index >= 15 is 0 Å². The van der Waals surface area contributed by atoms with Crippen LogP contribution in [0.25, 0.3) is 0 Å². The number of amides is 1. The van der Waals surface area contributed by atoms with Gasteiger partial charge in [0.15, 0.2) is 11.5 Å². The maximum atomic E-state index is 13.0. The molecule has 2 rings (SSSR count). The van der Waals surface area contributed by atoms with Gasteiger partial charge in [-0.2, -0.15) is 0 Å². The number of likely N-dealkylation sites (tertiary alicyclic amines) is 1. The average Bonchev–Trinajstić information content (AvgIpc) is 2.60. The van der Waals surface area contributed by atoms with Crippen LogP contribution in [-0.4, -0.2) is 43.2 Å². The largest absolute Gasteiger partial charge is 0.490 e. The molecule has 1 aromatic rings. The van der Waals surface area contributed by atoms with Crippen LogP contribution in [0.15, 0.2) is 12.1 Å². The highest BCUT2D eigenvalue weighted by Gasteiger charge is 2.30. The molecule has 1 aromatic carbocycles. The maximum Gasteiger partial charge on any atom is 0.254 e. The summed E-state index contributed by atoms with van der Waals surface area (Å²) in [7, 11) is 0. The van der Waals surface area contributed by atoms with Crippen molar-refractivity contribution in [1.29, 1.82) is 0 Å². The first-order valence-electron chi connectivity index (χ1n) is 9.11. The number of piperidine rings is 1. The van der Waals surface area contributed by atoms with Gasteiger partial charge in [0, 0.05) is 24.7 Å². The fraction of sp³-hybridized carbons (Fsp3) is 0.632. The van der Waals surface area contributed by atoms with E-state index < -0.39 is 0 Å². The highest BCUT2D eigenvalue weighted by Crippen LogP contribution is 2.37. The lowest BCUT2D eigenvalue weighted by molar-refractivity contribution is 0.0573. The molecule has 5 nitrogen and oxygen atoms in total. The molecule has 0 radical (unpaired) electrons. The van der Waals surface area contributed by atoms with Gasteiger partial charge in [-0.25, -0.2) is 0 Å². The molecule has 2 N–H and O–H groups in total. The predicted octanol–water partition coefficient (Wildman–Crippen LogP) is 4.15. The highest BCUT2D eigenvalue weighted by atomic mass is 35.5. The van der Waals surface area contributed by atoms with Gasteiger partial charge in [0.05, 0.1) is 18.2 Å². The van der Waals surface area contributed by atoms with Crippen molar-refractivity contribution in [3.05, 3.63) is 22.7 Å². The van der Waals surface area contributed by atoms with Crippen molar-refractivity contribution in [2.75, 3.05) is 26.3 Å². The minimum Gasteiger partial charge on any atom is -0.490 e. The van der Waals surface area contributed by atoms with Gasteiger partial charge in [-0.05, 0) is 44.2 Å². The third-order valence-electron chi connectivity index (χ3n) is 4.52. The van der Waals surface area contributed by atoms with Gasteiger partial charge >= 0.3 is 0 Å². The number of hydrogen-bond donors (Lipinski definition) is 1. The average molecular weight is 405 g/mol. The van der Waals surface area contributed by atoms with Crippen molar-refractivity contribution in [1.82, 2.24) is 4.90 Å². The van der Waals surface area contributed by atoms with Crippen molar-refractivity contribution in [3.8, 4) is 11.5 Å². The van der Waals surface area contributed by atoms with Crippen LogP contribution in [0.5, 0.6) is 11.5 Å². The highest BCUT2D eigenvalue weighted by molar-refractivity contribution is 6.32. The molecule has 148 valence electrons. The summed E-state index contributed by atoms with van der Waals surface area (Å²) in [6.07, 6.45) is 2.80. The summed E-state index contributed by atoms with van der Waals surface area (Å²) in [6.45, 7) is 8.33. The Kier molecular flexibility index (Phi) is 9.55. The molecule has 1 amide bonds. The number of halogens is 2. The van der Waals surface area contributed by atoms with Crippen molar-refractivity contribution in [2.45, 2.75) is 46.1 Å². The lowest BCUT2D eigenvalue weighted by Gasteiger charge is -2.38. The van der Waals surface area contributed by atoms with E-state index in [4.69, 9.17) is 26.8 Å². The van der Waals surface area contributed by atoms with Crippen molar-refractivity contribution < 1.29 is 14.3 Å². The summed E-state index contributed by atoms with van der Waals surface area (Å²) in [6, 6.07) is 3.47. The molecule has 1 aliphatic rings.